The topological polar surface area (TPSA) is 28.7 Å². The first-order valence-corrected chi connectivity index (χ1v) is 5.48. The molecular weight excluding hydrogens is 241 g/mol. The van der Waals surface area contributed by atoms with E-state index in [0.29, 0.717) is 10.9 Å². The minimum atomic E-state index is -4.52. The van der Waals surface area contributed by atoms with Crippen LogP contribution in [0.4, 0.5) is 13.2 Å². The van der Waals surface area contributed by atoms with E-state index in [-0.39, 0.29) is 5.56 Å². The van der Waals surface area contributed by atoms with Crippen LogP contribution in [-0.2, 0) is 19.6 Å². The van der Waals surface area contributed by atoms with Crippen LogP contribution in [0.2, 0.25) is 0 Å². The molecule has 0 aliphatic rings. The molecule has 2 aromatic rings. The molecule has 0 amide bonds. The fourth-order valence-corrected chi connectivity index (χ4v) is 2.16. The molecule has 1 aromatic heterocycles. The molecule has 0 radical (unpaired) electrons. The number of nitrogens with zero attached hydrogens (tertiary/aromatic N) is 2. The third-order valence-corrected chi connectivity index (χ3v) is 3.05. The lowest BCUT2D eigenvalue weighted by molar-refractivity contribution is -0.143. The second-order valence-electron chi connectivity index (χ2n) is 4.10. The van der Waals surface area contributed by atoms with Crippen LogP contribution in [-0.4, -0.2) is 4.57 Å². The van der Waals surface area contributed by atoms with Crippen LogP contribution in [0.1, 0.15) is 23.7 Å². The number of hydrogen-bond acceptors (Lipinski definition) is 1. The number of halogens is 3. The Morgan fingerprint density at radius 2 is 2.00 bits per heavy atom. The summed E-state index contributed by atoms with van der Waals surface area (Å²) in [5, 5.41) is 9.36. The largest absolute Gasteiger partial charge is 0.432 e. The van der Waals surface area contributed by atoms with E-state index in [1.54, 1.807) is 24.3 Å². The monoisotopic (exact) mass is 252 g/mol. The second-order valence-corrected chi connectivity index (χ2v) is 4.10. The van der Waals surface area contributed by atoms with Gasteiger partial charge in [0.25, 0.3) is 0 Å². The quantitative estimate of drug-likeness (QED) is 0.761. The molecule has 0 aliphatic heterocycles. The number of rotatable bonds is 1. The lowest BCUT2D eigenvalue weighted by atomic mass is 10.1. The van der Waals surface area contributed by atoms with Gasteiger partial charge in [0, 0.05) is 18.0 Å². The summed E-state index contributed by atoms with van der Waals surface area (Å²) < 4.78 is 39.9. The standard InChI is InChI=1S/C13H11F3N2/c1-3-8-4-5-11-9(6-8)10(7-17)12(18(11)2)13(14,15)16/h4-6H,3H2,1-2H3. The van der Waals surface area contributed by atoms with Gasteiger partial charge in [0.05, 0.1) is 5.56 Å². The van der Waals surface area contributed by atoms with Crippen molar-refractivity contribution in [1.82, 2.24) is 4.57 Å². The molecule has 1 aromatic carbocycles. The third kappa shape index (κ3) is 1.74. The number of aromatic nitrogens is 1. The van der Waals surface area contributed by atoms with Crippen molar-refractivity contribution in [1.29, 1.82) is 5.26 Å². The van der Waals surface area contributed by atoms with E-state index in [9.17, 15) is 13.2 Å². The predicted octanol–water partition coefficient (Wildman–Crippen LogP) is 3.63. The second kappa shape index (κ2) is 4.05. The van der Waals surface area contributed by atoms with Crippen molar-refractivity contribution in [3.8, 4) is 6.07 Å². The number of fused-ring (bicyclic) bond motifs is 1. The minimum Gasteiger partial charge on any atom is -0.339 e. The minimum absolute atomic E-state index is 0.296. The maximum Gasteiger partial charge on any atom is 0.432 e. The van der Waals surface area contributed by atoms with Crippen molar-refractivity contribution in [3.63, 3.8) is 0 Å². The Morgan fingerprint density at radius 3 is 2.50 bits per heavy atom. The van der Waals surface area contributed by atoms with Crippen molar-refractivity contribution < 1.29 is 13.2 Å². The van der Waals surface area contributed by atoms with Gasteiger partial charge in [-0.25, -0.2) is 0 Å². The molecular formula is C13H11F3N2. The van der Waals surface area contributed by atoms with E-state index < -0.39 is 11.9 Å². The Bertz CT molecular complexity index is 645. The van der Waals surface area contributed by atoms with Crippen molar-refractivity contribution in [2.24, 2.45) is 7.05 Å². The molecule has 18 heavy (non-hydrogen) atoms. The van der Waals surface area contributed by atoms with Crippen molar-refractivity contribution in [2.45, 2.75) is 19.5 Å². The molecule has 0 N–H and O–H groups in total. The highest BCUT2D eigenvalue weighted by atomic mass is 19.4. The Hall–Kier alpha value is -1.96. The molecule has 0 atom stereocenters. The van der Waals surface area contributed by atoms with E-state index in [4.69, 9.17) is 5.26 Å². The zero-order valence-corrected chi connectivity index (χ0v) is 9.97. The van der Waals surface area contributed by atoms with Crippen molar-refractivity contribution in [3.05, 3.63) is 35.0 Å². The number of benzene rings is 1. The van der Waals surface area contributed by atoms with Gasteiger partial charge in [-0.2, -0.15) is 18.4 Å². The molecule has 5 heteroatoms. The number of aryl methyl sites for hydroxylation is 2. The van der Waals surface area contributed by atoms with Gasteiger partial charge in [-0.3, -0.25) is 0 Å². The Balaban J connectivity index is 2.89. The van der Waals surface area contributed by atoms with Gasteiger partial charge in [-0.1, -0.05) is 13.0 Å². The average molecular weight is 252 g/mol. The first-order chi connectivity index (χ1) is 8.40. The van der Waals surface area contributed by atoms with E-state index in [1.165, 1.54) is 7.05 Å². The molecule has 1 heterocycles. The van der Waals surface area contributed by atoms with Gasteiger partial charge in [-0.05, 0) is 24.1 Å². The number of alkyl halides is 3. The number of hydrogen-bond donors (Lipinski definition) is 0. The average Bonchev–Trinajstić information content (AvgIpc) is 2.61. The highest BCUT2D eigenvalue weighted by Gasteiger charge is 2.38. The highest BCUT2D eigenvalue weighted by Crippen LogP contribution is 2.37. The summed E-state index contributed by atoms with van der Waals surface area (Å²) >= 11 is 0. The van der Waals surface area contributed by atoms with E-state index >= 15 is 0 Å². The lowest BCUT2D eigenvalue weighted by Crippen LogP contribution is -2.12. The van der Waals surface area contributed by atoms with Gasteiger partial charge in [0.15, 0.2) is 0 Å². The molecule has 0 spiro atoms. The van der Waals surface area contributed by atoms with Crippen LogP contribution in [0.15, 0.2) is 18.2 Å². The van der Waals surface area contributed by atoms with Crippen molar-refractivity contribution >= 4 is 10.9 Å². The molecule has 0 saturated heterocycles. The third-order valence-electron chi connectivity index (χ3n) is 3.05. The zero-order valence-electron chi connectivity index (χ0n) is 9.97. The molecule has 0 fully saturated rings. The first kappa shape index (κ1) is 12.5. The lowest BCUT2D eigenvalue weighted by Gasteiger charge is -2.08. The molecule has 2 nitrogen and oxygen atoms in total. The molecule has 0 aliphatic carbocycles. The Labute approximate surface area is 102 Å². The van der Waals surface area contributed by atoms with Crippen LogP contribution in [0.3, 0.4) is 0 Å². The predicted molar refractivity (Wildman–Crippen MR) is 62.0 cm³/mol. The van der Waals surface area contributed by atoms with Gasteiger partial charge in [-0.15, -0.1) is 0 Å². The fourth-order valence-electron chi connectivity index (χ4n) is 2.16. The summed E-state index contributed by atoms with van der Waals surface area (Å²) in [5.74, 6) is 0. The summed E-state index contributed by atoms with van der Waals surface area (Å²) in [7, 11) is 1.33. The molecule has 94 valence electrons. The van der Waals surface area contributed by atoms with E-state index in [2.05, 4.69) is 0 Å². The number of nitriles is 1. The fraction of sp³-hybridized carbons (Fsp3) is 0.308. The Morgan fingerprint density at radius 1 is 1.33 bits per heavy atom. The van der Waals surface area contributed by atoms with Crippen LogP contribution in [0, 0.1) is 11.3 Å². The van der Waals surface area contributed by atoms with Crippen LogP contribution >= 0.6 is 0 Å². The SMILES string of the molecule is CCc1ccc2c(c1)c(C#N)c(C(F)(F)F)n2C. The molecule has 0 saturated carbocycles. The van der Waals surface area contributed by atoms with Crippen LogP contribution < -0.4 is 0 Å². The van der Waals surface area contributed by atoms with Gasteiger partial charge in [0.1, 0.15) is 11.8 Å². The summed E-state index contributed by atoms with van der Waals surface area (Å²) in [6.45, 7) is 1.92. The molecule has 2 rings (SSSR count). The Kier molecular flexibility index (Phi) is 2.81. The normalized spacial score (nSPS) is 11.8. The summed E-state index contributed by atoms with van der Waals surface area (Å²) in [6, 6.07) is 6.74. The maximum absolute atomic E-state index is 12.9. The summed E-state index contributed by atoms with van der Waals surface area (Å²) in [5.41, 5.74) is 0.165. The van der Waals surface area contributed by atoms with Gasteiger partial charge in [0.2, 0.25) is 0 Å². The first-order valence-electron chi connectivity index (χ1n) is 5.48. The smallest absolute Gasteiger partial charge is 0.339 e. The van der Waals surface area contributed by atoms with E-state index in [1.807, 2.05) is 6.92 Å². The molecule has 0 unspecified atom stereocenters. The van der Waals surface area contributed by atoms with E-state index in [0.717, 1.165) is 16.6 Å². The summed E-state index contributed by atoms with van der Waals surface area (Å²) in [4.78, 5) is 0. The van der Waals surface area contributed by atoms with Gasteiger partial charge >= 0.3 is 6.18 Å². The molecule has 0 bridgehead atoms. The summed E-state index contributed by atoms with van der Waals surface area (Å²) in [6.07, 6.45) is -3.80. The zero-order chi connectivity index (χ0) is 13.5. The van der Waals surface area contributed by atoms with Gasteiger partial charge < -0.3 is 4.57 Å². The maximum atomic E-state index is 12.9. The van der Waals surface area contributed by atoms with Crippen LogP contribution in [0.5, 0.6) is 0 Å². The highest BCUT2D eigenvalue weighted by molar-refractivity contribution is 5.89. The van der Waals surface area contributed by atoms with Crippen molar-refractivity contribution in [2.75, 3.05) is 0 Å². The van der Waals surface area contributed by atoms with Crippen LogP contribution in [0.25, 0.3) is 10.9 Å².